The number of ether oxygens (including phenoxy) is 1. The minimum atomic E-state index is -0.367. The Hall–Kier alpha value is -1.40. The number of aryl methyl sites for hydroxylation is 1. The van der Waals surface area contributed by atoms with Crippen molar-refractivity contribution in [2.45, 2.75) is 46.1 Å². The number of anilines is 1. The lowest BCUT2D eigenvalue weighted by Gasteiger charge is -2.10. The average Bonchev–Trinajstić information content (AvgIpc) is 2.99. The van der Waals surface area contributed by atoms with Gasteiger partial charge >= 0.3 is 5.97 Å². The fourth-order valence-corrected chi connectivity index (χ4v) is 3.56. The molecule has 2 N–H and O–H groups in total. The lowest BCUT2D eigenvalue weighted by Crippen LogP contribution is -2.27. The molecule has 1 saturated heterocycles. The number of hydrogen-bond acceptors (Lipinski definition) is 5. The van der Waals surface area contributed by atoms with Crippen LogP contribution < -0.4 is 10.6 Å². The maximum absolute atomic E-state index is 12.1. The molecule has 0 spiro atoms. The molecule has 1 amide bonds. The van der Waals surface area contributed by atoms with Crippen LogP contribution in [0.4, 0.5) is 5.00 Å². The van der Waals surface area contributed by atoms with Gasteiger partial charge in [0, 0.05) is 17.3 Å². The van der Waals surface area contributed by atoms with Crippen molar-refractivity contribution >= 4 is 28.2 Å². The highest BCUT2D eigenvalue weighted by Crippen LogP contribution is 2.33. The molecule has 5 nitrogen and oxygen atoms in total. The van der Waals surface area contributed by atoms with E-state index in [1.807, 2.05) is 13.8 Å². The van der Waals surface area contributed by atoms with Gasteiger partial charge in [-0.05, 0) is 45.7 Å². The maximum atomic E-state index is 12.1. The fraction of sp³-hybridized carbons (Fsp3) is 0.600. The zero-order valence-electron chi connectivity index (χ0n) is 12.7. The van der Waals surface area contributed by atoms with Crippen LogP contribution in [-0.2, 0) is 9.53 Å². The number of thiophene rings is 1. The predicted molar refractivity (Wildman–Crippen MR) is 84.0 cm³/mol. The number of rotatable bonds is 5. The second-order valence-electron chi connectivity index (χ2n) is 5.25. The molecule has 0 bridgehead atoms. The van der Waals surface area contributed by atoms with Crippen LogP contribution in [0.3, 0.4) is 0 Å². The molecule has 0 saturated carbocycles. The predicted octanol–water partition coefficient (Wildman–Crippen LogP) is 2.62. The Morgan fingerprint density at radius 1 is 1.43 bits per heavy atom. The number of amides is 1. The summed E-state index contributed by atoms with van der Waals surface area (Å²) in [6.07, 6.45) is 2.59. The minimum Gasteiger partial charge on any atom is -0.462 e. The van der Waals surface area contributed by atoms with Gasteiger partial charge in [0.15, 0.2) is 0 Å². The van der Waals surface area contributed by atoms with E-state index in [1.54, 1.807) is 6.92 Å². The van der Waals surface area contributed by atoms with E-state index >= 15 is 0 Å². The lowest BCUT2D eigenvalue weighted by molar-refractivity contribution is -0.116. The summed E-state index contributed by atoms with van der Waals surface area (Å²) in [6.45, 7) is 6.90. The zero-order chi connectivity index (χ0) is 15.4. The molecule has 1 fully saturated rings. The molecular weight excluding hydrogens is 288 g/mol. The SMILES string of the molecule is CCOC(=O)c1c(NC(=O)CC2CCCN2)sc(C)c1C. The molecule has 2 heterocycles. The van der Waals surface area contributed by atoms with E-state index in [0.717, 1.165) is 29.8 Å². The number of hydrogen-bond donors (Lipinski definition) is 2. The quantitative estimate of drug-likeness (QED) is 0.820. The first-order valence-electron chi connectivity index (χ1n) is 7.33. The zero-order valence-corrected chi connectivity index (χ0v) is 13.6. The Balaban J connectivity index is 2.09. The average molecular weight is 310 g/mol. The molecule has 0 aromatic carbocycles. The Morgan fingerprint density at radius 3 is 2.81 bits per heavy atom. The molecular formula is C15H22N2O3S. The third kappa shape index (κ3) is 3.83. The molecule has 0 radical (unpaired) electrons. The smallest absolute Gasteiger partial charge is 0.341 e. The standard InChI is InChI=1S/C15H22N2O3S/c1-4-20-15(19)13-9(2)10(3)21-14(13)17-12(18)8-11-6-5-7-16-11/h11,16H,4-8H2,1-3H3,(H,17,18). The number of carbonyl (C=O) groups excluding carboxylic acids is 2. The molecule has 1 aliphatic heterocycles. The Morgan fingerprint density at radius 2 is 2.19 bits per heavy atom. The van der Waals surface area contributed by atoms with Crippen molar-refractivity contribution in [3.63, 3.8) is 0 Å². The van der Waals surface area contributed by atoms with Gasteiger partial charge in [0.2, 0.25) is 5.91 Å². The summed E-state index contributed by atoms with van der Waals surface area (Å²) in [4.78, 5) is 25.2. The van der Waals surface area contributed by atoms with Gasteiger partial charge in [0.25, 0.3) is 0 Å². The Kier molecular flexibility index (Phi) is 5.36. The number of nitrogens with one attached hydrogen (secondary N) is 2. The van der Waals surface area contributed by atoms with Crippen LogP contribution >= 0.6 is 11.3 Å². The van der Waals surface area contributed by atoms with Crippen molar-refractivity contribution < 1.29 is 14.3 Å². The first-order valence-corrected chi connectivity index (χ1v) is 8.15. The van der Waals surface area contributed by atoms with E-state index < -0.39 is 0 Å². The van der Waals surface area contributed by atoms with Crippen molar-refractivity contribution in [3.05, 3.63) is 16.0 Å². The van der Waals surface area contributed by atoms with E-state index in [2.05, 4.69) is 10.6 Å². The molecule has 6 heteroatoms. The summed E-state index contributed by atoms with van der Waals surface area (Å²) in [6, 6.07) is 0.248. The van der Waals surface area contributed by atoms with Gasteiger partial charge in [0.1, 0.15) is 5.00 Å². The van der Waals surface area contributed by atoms with E-state index in [9.17, 15) is 9.59 Å². The highest BCUT2D eigenvalue weighted by Gasteiger charge is 2.23. The van der Waals surface area contributed by atoms with E-state index in [-0.39, 0.29) is 17.9 Å². The van der Waals surface area contributed by atoms with Gasteiger partial charge in [-0.25, -0.2) is 4.79 Å². The maximum Gasteiger partial charge on any atom is 0.341 e. The first kappa shape index (κ1) is 16.0. The van der Waals surface area contributed by atoms with E-state index in [1.165, 1.54) is 11.3 Å². The molecule has 2 rings (SSSR count). The van der Waals surface area contributed by atoms with E-state index in [0.29, 0.717) is 23.6 Å². The summed E-state index contributed by atoms with van der Waals surface area (Å²) in [5.41, 5.74) is 1.37. The van der Waals surface area contributed by atoms with Gasteiger partial charge in [-0.15, -0.1) is 11.3 Å². The fourth-order valence-electron chi connectivity index (χ4n) is 2.50. The van der Waals surface area contributed by atoms with Crippen molar-refractivity contribution in [3.8, 4) is 0 Å². The van der Waals surface area contributed by atoms with Crippen molar-refractivity contribution in [1.82, 2.24) is 5.32 Å². The molecule has 21 heavy (non-hydrogen) atoms. The van der Waals surface area contributed by atoms with Crippen LogP contribution in [-0.4, -0.2) is 31.1 Å². The van der Waals surface area contributed by atoms with Gasteiger partial charge < -0.3 is 15.4 Å². The molecule has 1 aromatic rings. The largest absolute Gasteiger partial charge is 0.462 e. The highest BCUT2D eigenvalue weighted by molar-refractivity contribution is 7.16. The Labute approximate surface area is 129 Å². The van der Waals surface area contributed by atoms with Gasteiger partial charge in [-0.1, -0.05) is 0 Å². The van der Waals surface area contributed by atoms with Gasteiger partial charge in [0.05, 0.1) is 12.2 Å². The summed E-state index contributed by atoms with van der Waals surface area (Å²) in [7, 11) is 0. The molecule has 1 aromatic heterocycles. The molecule has 1 unspecified atom stereocenters. The van der Waals surface area contributed by atoms with Crippen LogP contribution in [0.1, 0.15) is 47.0 Å². The summed E-state index contributed by atoms with van der Waals surface area (Å²) in [5, 5.41) is 6.78. The van der Waals surface area contributed by atoms with Crippen molar-refractivity contribution in [2.24, 2.45) is 0 Å². The second-order valence-corrected chi connectivity index (χ2v) is 6.48. The van der Waals surface area contributed by atoms with Crippen LogP contribution in [0.25, 0.3) is 0 Å². The minimum absolute atomic E-state index is 0.0544. The first-order chi connectivity index (χ1) is 10.0. The molecule has 116 valence electrons. The normalized spacial score (nSPS) is 17.8. The topological polar surface area (TPSA) is 67.4 Å². The van der Waals surface area contributed by atoms with Crippen LogP contribution in [0.15, 0.2) is 0 Å². The molecule has 1 atom stereocenters. The van der Waals surface area contributed by atoms with Crippen molar-refractivity contribution in [2.75, 3.05) is 18.5 Å². The molecule has 1 aliphatic rings. The van der Waals surface area contributed by atoms with Crippen molar-refractivity contribution in [1.29, 1.82) is 0 Å². The number of esters is 1. The summed E-state index contributed by atoms with van der Waals surface area (Å²) in [5.74, 6) is -0.421. The third-order valence-corrected chi connectivity index (χ3v) is 4.83. The van der Waals surface area contributed by atoms with E-state index in [4.69, 9.17) is 4.74 Å². The monoisotopic (exact) mass is 310 g/mol. The second kappa shape index (κ2) is 7.04. The third-order valence-electron chi connectivity index (χ3n) is 3.71. The Bertz CT molecular complexity index is 533. The highest BCUT2D eigenvalue weighted by atomic mass is 32.1. The molecule has 0 aliphatic carbocycles. The lowest BCUT2D eigenvalue weighted by atomic mass is 10.1. The van der Waals surface area contributed by atoms with Crippen LogP contribution in [0.5, 0.6) is 0 Å². The number of carbonyl (C=O) groups is 2. The van der Waals surface area contributed by atoms with Gasteiger partial charge in [-0.3, -0.25) is 4.79 Å². The van der Waals surface area contributed by atoms with Gasteiger partial charge in [-0.2, -0.15) is 0 Å². The summed E-state index contributed by atoms with van der Waals surface area (Å²) >= 11 is 1.43. The summed E-state index contributed by atoms with van der Waals surface area (Å²) < 4.78 is 5.08. The van der Waals surface area contributed by atoms with Crippen LogP contribution in [0.2, 0.25) is 0 Å². The van der Waals surface area contributed by atoms with Crippen LogP contribution in [0, 0.1) is 13.8 Å².